The third-order valence-corrected chi connectivity index (χ3v) is 5.18. The first-order valence-corrected chi connectivity index (χ1v) is 7.58. The Morgan fingerprint density at radius 1 is 1.43 bits per heavy atom. The summed E-state index contributed by atoms with van der Waals surface area (Å²) in [5.41, 5.74) is 0.277. The molecular formula is C14H14FN5O3. The summed E-state index contributed by atoms with van der Waals surface area (Å²) in [4.78, 5) is 19.2. The van der Waals surface area contributed by atoms with E-state index in [1.807, 2.05) is 0 Å². The average Bonchev–Trinajstić information content (AvgIpc) is 3.05. The Morgan fingerprint density at radius 2 is 2.30 bits per heavy atom. The first-order valence-electron chi connectivity index (χ1n) is 7.58. The van der Waals surface area contributed by atoms with E-state index in [9.17, 15) is 14.3 Å². The van der Waals surface area contributed by atoms with Crippen LogP contribution in [0.5, 0.6) is 5.88 Å². The van der Waals surface area contributed by atoms with E-state index in [2.05, 4.69) is 20.1 Å². The van der Waals surface area contributed by atoms with Gasteiger partial charge in [0.05, 0.1) is 24.3 Å². The maximum Gasteiger partial charge on any atom is 0.407 e. The van der Waals surface area contributed by atoms with Gasteiger partial charge in [0.25, 0.3) is 0 Å². The number of hydrogen-bond donors (Lipinski definition) is 2. The maximum absolute atomic E-state index is 13.9. The molecule has 5 rings (SSSR count). The van der Waals surface area contributed by atoms with Crippen LogP contribution >= 0.6 is 0 Å². The first-order chi connectivity index (χ1) is 11.1. The lowest BCUT2D eigenvalue weighted by Crippen LogP contribution is -2.62. The van der Waals surface area contributed by atoms with E-state index in [4.69, 9.17) is 4.74 Å². The molecule has 0 aromatic carbocycles. The molecule has 0 saturated carbocycles. The van der Waals surface area contributed by atoms with Crippen molar-refractivity contribution in [3.05, 3.63) is 12.0 Å². The molecule has 2 bridgehead atoms. The molecule has 2 fully saturated rings. The summed E-state index contributed by atoms with van der Waals surface area (Å²) >= 11 is 0. The topological polar surface area (TPSA) is 94.6 Å². The molecule has 2 aromatic rings. The average molecular weight is 319 g/mol. The predicted molar refractivity (Wildman–Crippen MR) is 77.1 cm³/mol. The van der Waals surface area contributed by atoms with Gasteiger partial charge in [-0.15, -0.1) is 0 Å². The van der Waals surface area contributed by atoms with Crippen LogP contribution in [0.25, 0.3) is 10.9 Å². The highest BCUT2D eigenvalue weighted by atomic mass is 19.1. The second kappa shape index (κ2) is 4.24. The Balaban J connectivity index is 1.66. The van der Waals surface area contributed by atoms with Crippen LogP contribution in [0.4, 0.5) is 15.0 Å². The Kier molecular flexibility index (Phi) is 2.38. The number of fused-ring (bicyclic) bond motifs is 5. The lowest BCUT2D eigenvalue weighted by molar-refractivity contribution is 0.0908. The Morgan fingerprint density at radius 3 is 3.13 bits per heavy atom. The smallest absolute Gasteiger partial charge is 0.407 e. The number of ether oxygens (including phenoxy) is 1. The molecule has 0 aliphatic carbocycles. The SMILES string of the molecule is O=C(O)N1C2CCC1C1COc3ncc(F)c4[nH]nc(c34)N1C2. The molecule has 0 spiro atoms. The van der Waals surface area contributed by atoms with Crippen molar-refractivity contribution in [3.63, 3.8) is 0 Å². The molecule has 3 aliphatic heterocycles. The third-order valence-electron chi connectivity index (χ3n) is 5.18. The second-order valence-corrected chi connectivity index (χ2v) is 6.23. The monoisotopic (exact) mass is 319 g/mol. The van der Waals surface area contributed by atoms with Crippen LogP contribution in [0, 0.1) is 5.82 Å². The predicted octanol–water partition coefficient (Wildman–Crippen LogP) is 1.19. The van der Waals surface area contributed by atoms with Gasteiger partial charge in [0, 0.05) is 6.54 Å². The van der Waals surface area contributed by atoms with Gasteiger partial charge in [0.1, 0.15) is 17.5 Å². The normalized spacial score (nSPS) is 28.5. The molecule has 3 atom stereocenters. The summed E-state index contributed by atoms with van der Waals surface area (Å²) in [6.45, 7) is 0.845. The van der Waals surface area contributed by atoms with E-state index < -0.39 is 11.9 Å². The maximum atomic E-state index is 13.9. The van der Waals surface area contributed by atoms with Gasteiger partial charge in [-0.05, 0) is 12.8 Å². The molecule has 3 aliphatic rings. The van der Waals surface area contributed by atoms with Crippen molar-refractivity contribution in [2.75, 3.05) is 18.1 Å². The lowest BCUT2D eigenvalue weighted by atomic mass is 10.0. The quantitative estimate of drug-likeness (QED) is 0.757. The first kappa shape index (κ1) is 12.9. The van der Waals surface area contributed by atoms with Gasteiger partial charge in [-0.25, -0.2) is 14.2 Å². The summed E-state index contributed by atoms with van der Waals surface area (Å²) in [5, 5.41) is 17.0. The highest BCUT2D eigenvalue weighted by Gasteiger charge is 2.50. The van der Waals surface area contributed by atoms with Gasteiger partial charge in [-0.2, -0.15) is 5.10 Å². The Labute approximate surface area is 129 Å². The number of anilines is 1. The van der Waals surface area contributed by atoms with Crippen LogP contribution in [0.15, 0.2) is 6.20 Å². The van der Waals surface area contributed by atoms with Crippen molar-refractivity contribution < 1.29 is 19.0 Å². The zero-order valence-electron chi connectivity index (χ0n) is 12.1. The lowest BCUT2D eigenvalue weighted by Gasteiger charge is -2.44. The van der Waals surface area contributed by atoms with Crippen LogP contribution in [-0.4, -0.2) is 62.6 Å². The van der Waals surface area contributed by atoms with E-state index in [0.717, 1.165) is 19.0 Å². The van der Waals surface area contributed by atoms with Gasteiger partial charge in [0.15, 0.2) is 11.6 Å². The molecule has 0 radical (unpaired) electrons. The van der Waals surface area contributed by atoms with Crippen molar-refractivity contribution >= 4 is 22.8 Å². The standard InChI is InChI=1S/C14H14FN5O3/c15-7-3-16-13-10-11(7)17-18-12(10)19-4-6-1-2-8(9(19)5-23-13)20(6)14(21)22/h3,6,8-9H,1-2,4-5H2,(H,17,18)(H,21,22). The molecule has 8 nitrogen and oxygen atoms in total. The highest BCUT2D eigenvalue weighted by Crippen LogP contribution is 2.42. The van der Waals surface area contributed by atoms with Crippen molar-refractivity contribution in [1.82, 2.24) is 20.1 Å². The van der Waals surface area contributed by atoms with Gasteiger partial charge >= 0.3 is 6.09 Å². The number of piperazine rings is 1. The number of pyridine rings is 1. The second-order valence-electron chi connectivity index (χ2n) is 6.23. The van der Waals surface area contributed by atoms with E-state index in [1.54, 1.807) is 4.90 Å². The number of halogens is 1. The summed E-state index contributed by atoms with van der Waals surface area (Å²) in [7, 11) is 0. The number of hydrogen-bond acceptors (Lipinski definition) is 5. The van der Waals surface area contributed by atoms with Crippen molar-refractivity contribution in [2.45, 2.75) is 31.0 Å². The molecular weight excluding hydrogens is 305 g/mol. The summed E-state index contributed by atoms with van der Waals surface area (Å²) < 4.78 is 19.7. The fourth-order valence-corrected chi connectivity index (χ4v) is 4.22. The van der Waals surface area contributed by atoms with Gasteiger partial charge in [-0.1, -0.05) is 0 Å². The molecule has 23 heavy (non-hydrogen) atoms. The molecule has 1 amide bonds. The number of H-pyrrole nitrogens is 1. The zero-order valence-corrected chi connectivity index (χ0v) is 12.1. The molecule has 2 N–H and O–H groups in total. The van der Waals surface area contributed by atoms with Crippen molar-refractivity contribution in [3.8, 4) is 5.88 Å². The summed E-state index contributed by atoms with van der Waals surface area (Å²) in [5.74, 6) is 0.473. The Hall–Kier alpha value is -2.58. The van der Waals surface area contributed by atoms with E-state index in [0.29, 0.717) is 30.2 Å². The molecule has 120 valence electrons. The minimum Gasteiger partial charge on any atom is -0.475 e. The minimum absolute atomic E-state index is 0.0661. The number of aromatic nitrogens is 3. The highest BCUT2D eigenvalue weighted by molar-refractivity contribution is 5.95. The Bertz CT molecular complexity index is 824. The van der Waals surface area contributed by atoms with Crippen LogP contribution < -0.4 is 9.64 Å². The number of carbonyl (C=O) groups is 1. The summed E-state index contributed by atoms with van der Waals surface area (Å²) in [6.07, 6.45) is 1.84. The van der Waals surface area contributed by atoms with E-state index >= 15 is 0 Å². The van der Waals surface area contributed by atoms with Crippen molar-refractivity contribution in [2.24, 2.45) is 0 Å². The summed E-state index contributed by atoms with van der Waals surface area (Å²) in [6, 6.07) is -0.352. The molecule has 5 heterocycles. The zero-order chi connectivity index (χ0) is 15.7. The molecule has 3 unspecified atom stereocenters. The van der Waals surface area contributed by atoms with Crippen LogP contribution in [-0.2, 0) is 0 Å². The number of nitrogens with zero attached hydrogens (tertiary/aromatic N) is 4. The fraction of sp³-hybridized carbons (Fsp3) is 0.500. The van der Waals surface area contributed by atoms with Crippen LogP contribution in [0.1, 0.15) is 12.8 Å². The fourth-order valence-electron chi connectivity index (χ4n) is 4.22. The minimum atomic E-state index is -0.893. The number of aromatic amines is 1. The number of carboxylic acid groups (broad SMARTS) is 1. The van der Waals surface area contributed by atoms with Gasteiger partial charge in [0.2, 0.25) is 5.88 Å². The molecule has 9 heteroatoms. The molecule has 2 aromatic heterocycles. The van der Waals surface area contributed by atoms with E-state index in [-0.39, 0.29) is 23.6 Å². The molecule has 2 saturated heterocycles. The third kappa shape index (κ3) is 1.56. The van der Waals surface area contributed by atoms with Crippen LogP contribution in [0.3, 0.4) is 0 Å². The van der Waals surface area contributed by atoms with Crippen molar-refractivity contribution in [1.29, 1.82) is 0 Å². The number of rotatable bonds is 0. The van der Waals surface area contributed by atoms with Gasteiger partial charge in [-0.3, -0.25) is 10.00 Å². The largest absolute Gasteiger partial charge is 0.475 e. The number of nitrogens with one attached hydrogen (secondary N) is 1. The van der Waals surface area contributed by atoms with E-state index in [1.165, 1.54) is 0 Å². The van der Waals surface area contributed by atoms with Gasteiger partial charge < -0.3 is 14.7 Å². The van der Waals surface area contributed by atoms with Crippen LogP contribution in [0.2, 0.25) is 0 Å². The number of amides is 1.